The molecule has 0 bridgehead atoms. The van der Waals surface area contributed by atoms with Crippen molar-refractivity contribution in [3.05, 3.63) is 59.7 Å². The van der Waals surface area contributed by atoms with Gasteiger partial charge in [-0.05, 0) is 48.4 Å². The first-order valence-electron chi connectivity index (χ1n) is 14.1. The molecule has 2 saturated heterocycles. The molecule has 3 fully saturated rings. The van der Waals surface area contributed by atoms with Crippen molar-refractivity contribution < 1.29 is 19.1 Å². The van der Waals surface area contributed by atoms with Gasteiger partial charge in [0.15, 0.2) is 0 Å². The number of nitrogens with one attached hydrogen (secondary N) is 2. The molecular weight excluding hydrogens is 478 g/mol. The second-order valence-electron chi connectivity index (χ2n) is 10.8. The number of aldehydes is 1. The summed E-state index contributed by atoms with van der Waals surface area (Å²) in [7, 11) is 0. The zero-order valence-electron chi connectivity index (χ0n) is 21.9. The van der Waals surface area contributed by atoms with E-state index < -0.39 is 6.04 Å². The summed E-state index contributed by atoms with van der Waals surface area (Å²) in [5.74, 6) is 0.310. The molecule has 1 aromatic heterocycles. The maximum absolute atomic E-state index is 13.3. The van der Waals surface area contributed by atoms with E-state index in [1.165, 1.54) is 24.8 Å². The Bertz CT molecular complexity index is 1270. The fourth-order valence-electron chi connectivity index (χ4n) is 6.52. The van der Waals surface area contributed by atoms with Gasteiger partial charge in [0.1, 0.15) is 12.3 Å². The highest BCUT2D eigenvalue weighted by molar-refractivity contribution is 6.01. The lowest BCUT2D eigenvalue weighted by Crippen LogP contribution is -2.44. The fraction of sp³-hybridized carbons (Fsp3) is 0.484. The summed E-state index contributed by atoms with van der Waals surface area (Å²) in [6.45, 7) is 3.18. The molecule has 7 nitrogen and oxygen atoms in total. The molecule has 1 saturated carbocycles. The van der Waals surface area contributed by atoms with Crippen molar-refractivity contribution in [2.75, 3.05) is 32.9 Å². The molecule has 200 valence electrons. The summed E-state index contributed by atoms with van der Waals surface area (Å²) in [5.41, 5.74) is 5.00. The van der Waals surface area contributed by atoms with Gasteiger partial charge in [-0.15, -0.1) is 0 Å². The Morgan fingerprint density at radius 2 is 1.89 bits per heavy atom. The first-order chi connectivity index (χ1) is 18.7. The number of aromatic nitrogens is 1. The molecule has 7 heteroatoms. The van der Waals surface area contributed by atoms with E-state index in [9.17, 15) is 9.59 Å². The third-order valence-corrected chi connectivity index (χ3v) is 8.41. The van der Waals surface area contributed by atoms with Gasteiger partial charge in [-0.3, -0.25) is 4.79 Å². The highest BCUT2D eigenvalue weighted by Gasteiger charge is 2.34. The van der Waals surface area contributed by atoms with E-state index in [4.69, 9.17) is 9.47 Å². The highest BCUT2D eigenvalue weighted by atomic mass is 16.5. The topological polar surface area (TPSA) is 81.6 Å². The fourth-order valence-corrected chi connectivity index (χ4v) is 6.52. The molecule has 3 aromatic rings. The van der Waals surface area contributed by atoms with Crippen molar-refractivity contribution in [2.45, 2.75) is 62.6 Å². The zero-order chi connectivity index (χ0) is 25.9. The van der Waals surface area contributed by atoms with Crippen LogP contribution in [0.1, 0.15) is 66.4 Å². The third kappa shape index (κ3) is 4.91. The molecule has 2 aromatic carbocycles. The lowest BCUT2D eigenvalue weighted by Gasteiger charge is -2.31. The zero-order valence-corrected chi connectivity index (χ0v) is 21.9. The van der Waals surface area contributed by atoms with Gasteiger partial charge in [-0.25, -0.2) is 0 Å². The van der Waals surface area contributed by atoms with Crippen molar-refractivity contribution in [2.24, 2.45) is 0 Å². The number of hydrogen-bond acceptors (Lipinski definition) is 5. The number of carbonyl (C=O) groups is 2. The summed E-state index contributed by atoms with van der Waals surface area (Å²) in [5, 5.41) is 7.65. The Kier molecular flexibility index (Phi) is 7.58. The van der Waals surface area contributed by atoms with Gasteiger partial charge in [0.25, 0.3) is 5.91 Å². The van der Waals surface area contributed by atoms with E-state index in [1.807, 2.05) is 18.2 Å². The maximum atomic E-state index is 13.3. The molecule has 1 aliphatic carbocycles. The van der Waals surface area contributed by atoms with Crippen molar-refractivity contribution in [3.8, 4) is 11.3 Å². The van der Waals surface area contributed by atoms with E-state index in [2.05, 4.69) is 45.5 Å². The molecular formula is C31H37N3O4. The van der Waals surface area contributed by atoms with Crippen LogP contribution in [0, 0.1) is 0 Å². The molecule has 38 heavy (non-hydrogen) atoms. The summed E-state index contributed by atoms with van der Waals surface area (Å²) < 4.78 is 13.8. The van der Waals surface area contributed by atoms with Gasteiger partial charge in [-0.1, -0.05) is 55.7 Å². The molecule has 2 N–H and O–H groups in total. The number of hydrogen-bond donors (Lipinski definition) is 2. The van der Waals surface area contributed by atoms with Gasteiger partial charge in [0.05, 0.1) is 36.6 Å². The van der Waals surface area contributed by atoms with Crippen LogP contribution < -0.4 is 10.6 Å². The predicted molar refractivity (Wildman–Crippen MR) is 148 cm³/mol. The largest absolute Gasteiger partial charge is 0.379 e. The van der Waals surface area contributed by atoms with Crippen LogP contribution in [0.5, 0.6) is 0 Å². The van der Waals surface area contributed by atoms with E-state index in [0.29, 0.717) is 37.8 Å². The first-order valence-corrected chi connectivity index (χ1v) is 14.1. The smallest absolute Gasteiger partial charge is 0.251 e. The van der Waals surface area contributed by atoms with Crippen LogP contribution in [0.2, 0.25) is 0 Å². The average molecular weight is 516 g/mol. The molecule has 1 amide bonds. The monoisotopic (exact) mass is 515 g/mol. The molecule has 2 aliphatic heterocycles. The van der Waals surface area contributed by atoms with Gasteiger partial charge in [-0.2, -0.15) is 0 Å². The molecule has 0 radical (unpaired) electrons. The minimum Gasteiger partial charge on any atom is -0.379 e. The van der Waals surface area contributed by atoms with Crippen molar-refractivity contribution in [1.82, 2.24) is 15.2 Å². The number of morpholine rings is 1. The van der Waals surface area contributed by atoms with Crippen molar-refractivity contribution >= 4 is 23.1 Å². The van der Waals surface area contributed by atoms with Crippen molar-refractivity contribution in [3.63, 3.8) is 0 Å². The van der Waals surface area contributed by atoms with Crippen LogP contribution in [0.15, 0.2) is 48.5 Å². The maximum Gasteiger partial charge on any atom is 0.251 e. The Hall–Kier alpha value is -3.00. The second kappa shape index (κ2) is 11.4. The van der Waals surface area contributed by atoms with Crippen LogP contribution in [-0.4, -0.2) is 61.8 Å². The summed E-state index contributed by atoms with van der Waals surface area (Å²) in [6.07, 6.45) is 7.52. The average Bonchev–Trinajstić information content (AvgIpc) is 3.61. The SMILES string of the molecule is O=CC(C1CNCCO1)n1c(-c2ccccc2)c(C2CCCCC2)c2ccc(C(=O)NC3CCOC3)cc21. The highest BCUT2D eigenvalue weighted by Crippen LogP contribution is 2.45. The minimum atomic E-state index is -0.514. The molecule has 3 atom stereocenters. The van der Waals surface area contributed by atoms with E-state index in [-0.39, 0.29) is 18.1 Å². The van der Waals surface area contributed by atoms with Crippen LogP contribution in [0.4, 0.5) is 0 Å². The summed E-state index contributed by atoms with van der Waals surface area (Å²) in [6, 6.07) is 15.9. The number of carbonyl (C=O) groups excluding carboxylic acids is 2. The van der Waals surface area contributed by atoms with Gasteiger partial charge < -0.3 is 29.5 Å². The normalized spacial score (nSPS) is 23.4. The van der Waals surface area contributed by atoms with Crippen LogP contribution >= 0.6 is 0 Å². The van der Waals surface area contributed by atoms with Gasteiger partial charge >= 0.3 is 0 Å². The standard InChI is InChI=1S/C31H37N3O4/c35-19-27(28-18-32-14-16-38-28)34-26-17-23(31(36)33-24-13-15-37-20-24)11-12-25(26)29(21-7-3-1-4-8-21)30(34)22-9-5-2-6-10-22/h2,5-6,9-12,17,19,21,24,27-28,32H,1,3-4,7-8,13-16,18,20H2,(H,33,36). The van der Waals surface area contributed by atoms with Gasteiger partial charge in [0.2, 0.25) is 0 Å². The number of nitrogens with zero attached hydrogens (tertiary/aromatic N) is 1. The van der Waals surface area contributed by atoms with Crippen LogP contribution in [-0.2, 0) is 14.3 Å². The van der Waals surface area contributed by atoms with E-state index in [0.717, 1.165) is 54.3 Å². The quantitative estimate of drug-likeness (QED) is 0.450. The van der Waals surface area contributed by atoms with Crippen LogP contribution in [0.25, 0.3) is 22.2 Å². The summed E-state index contributed by atoms with van der Waals surface area (Å²) in [4.78, 5) is 26.1. The number of amides is 1. The number of ether oxygens (including phenoxy) is 2. The lowest BCUT2D eigenvalue weighted by molar-refractivity contribution is -0.115. The lowest BCUT2D eigenvalue weighted by atomic mass is 9.81. The number of fused-ring (bicyclic) bond motifs is 1. The molecule has 3 aliphatic rings. The summed E-state index contributed by atoms with van der Waals surface area (Å²) >= 11 is 0. The Balaban J connectivity index is 1.55. The van der Waals surface area contributed by atoms with Crippen molar-refractivity contribution in [1.29, 1.82) is 0 Å². The van der Waals surface area contributed by atoms with Crippen LogP contribution in [0.3, 0.4) is 0 Å². The molecule has 0 spiro atoms. The minimum absolute atomic E-state index is 0.0344. The Morgan fingerprint density at radius 3 is 2.61 bits per heavy atom. The number of rotatable bonds is 7. The molecule has 3 unspecified atom stereocenters. The molecule has 6 rings (SSSR count). The predicted octanol–water partition coefficient (Wildman–Crippen LogP) is 4.60. The number of benzene rings is 2. The van der Waals surface area contributed by atoms with E-state index >= 15 is 0 Å². The Morgan fingerprint density at radius 1 is 1.05 bits per heavy atom. The van der Waals surface area contributed by atoms with Gasteiger partial charge in [0, 0.05) is 30.6 Å². The second-order valence-corrected chi connectivity index (χ2v) is 10.8. The molecule has 3 heterocycles. The first kappa shape index (κ1) is 25.3. The van der Waals surface area contributed by atoms with E-state index in [1.54, 1.807) is 0 Å². The Labute approximate surface area is 223 Å². The third-order valence-electron chi connectivity index (χ3n) is 8.41.